The van der Waals surface area contributed by atoms with Gasteiger partial charge in [0, 0.05) is 5.39 Å². The summed E-state index contributed by atoms with van der Waals surface area (Å²) < 4.78 is 44.6. The first-order chi connectivity index (χ1) is 13.5. The Hall–Kier alpha value is -2.36. The van der Waals surface area contributed by atoms with E-state index < -0.39 is 28.3 Å². The first kappa shape index (κ1) is 19.9. The van der Waals surface area contributed by atoms with Crippen molar-refractivity contribution in [2.24, 2.45) is 0 Å². The van der Waals surface area contributed by atoms with E-state index in [-0.39, 0.29) is 4.90 Å². The normalized spacial score (nSPS) is 18.3. The van der Waals surface area contributed by atoms with Crippen molar-refractivity contribution in [3.8, 4) is 5.75 Å². The number of aromatic nitrogens is 2. The Bertz CT molecular complexity index is 1150. The predicted octanol–water partition coefficient (Wildman–Crippen LogP) is 2.58. The Kier molecular flexibility index (Phi) is 4.53. The van der Waals surface area contributed by atoms with E-state index in [1.807, 2.05) is 39.8 Å². The van der Waals surface area contributed by atoms with Crippen LogP contribution in [0.2, 0.25) is 0 Å². The molecule has 0 saturated carbocycles. The smallest absolute Gasteiger partial charge is 0.494 e. The van der Waals surface area contributed by atoms with E-state index in [2.05, 4.69) is 5.10 Å². The lowest BCUT2D eigenvalue weighted by atomic mass is 9.79. The van der Waals surface area contributed by atoms with Crippen molar-refractivity contribution in [1.29, 1.82) is 0 Å². The minimum Gasteiger partial charge on any atom is -0.497 e. The molecule has 0 atom stereocenters. The van der Waals surface area contributed by atoms with E-state index >= 15 is 0 Å². The summed E-state index contributed by atoms with van der Waals surface area (Å²) in [6, 6.07) is 11.7. The molecule has 1 saturated heterocycles. The highest BCUT2D eigenvalue weighted by Gasteiger charge is 2.51. The fourth-order valence-corrected chi connectivity index (χ4v) is 4.45. The maximum atomic E-state index is 13.1. The summed E-state index contributed by atoms with van der Waals surface area (Å²) >= 11 is 0. The van der Waals surface area contributed by atoms with Crippen LogP contribution < -0.4 is 10.2 Å². The van der Waals surface area contributed by atoms with E-state index in [4.69, 9.17) is 14.0 Å². The second-order valence-electron chi connectivity index (χ2n) is 8.07. The van der Waals surface area contributed by atoms with Gasteiger partial charge in [-0.1, -0.05) is 12.1 Å². The average Bonchev–Trinajstić information content (AvgIpc) is 3.19. The van der Waals surface area contributed by atoms with Crippen molar-refractivity contribution >= 4 is 33.5 Å². The molecule has 0 amide bonds. The molecule has 4 rings (SSSR count). The molecule has 152 valence electrons. The van der Waals surface area contributed by atoms with Crippen LogP contribution in [0.25, 0.3) is 10.9 Å². The molecule has 2 aromatic carbocycles. The second-order valence-corrected chi connectivity index (χ2v) is 9.84. The van der Waals surface area contributed by atoms with Gasteiger partial charge in [-0.2, -0.15) is 17.6 Å². The zero-order chi connectivity index (χ0) is 21.0. The largest absolute Gasteiger partial charge is 0.497 e. The Labute approximate surface area is 170 Å². The quantitative estimate of drug-likeness (QED) is 0.611. The van der Waals surface area contributed by atoms with Gasteiger partial charge in [0.2, 0.25) is 0 Å². The molecule has 0 unspecified atom stereocenters. The van der Waals surface area contributed by atoms with Crippen molar-refractivity contribution in [2.75, 3.05) is 7.11 Å². The SMILES string of the molecule is COc1ccc(S(=O)(=O)n2ncc3ccc(B4OC(C)(C)C(C)(C)O4)cc32)cc1. The summed E-state index contributed by atoms with van der Waals surface area (Å²) in [6.07, 6.45) is 1.53. The van der Waals surface area contributed by atoms with Crippen LogP contribution in [-0.4, -0.2) is 43.0 Å². The minimum absolute atomic E-state index is 0.129. The van der Waals surface area contributed by atoms with Crippen LogP contribution in [0.5, 0.6) is 5.75 Å². The maximum absolute atomic E-state index is 13.1. The summed E-state index contributed by atoms with van der Waals surface area (Å²) in [7, 11) is -2.92. The lowest BCUT2D eigenvalue weighted by Crippen LogP contribution is -2.41. The first-order valence-corrected chi connectivity index (χ1v) is 10.7. The zero-order valence-electron chi connectivity index (χ0n) is 17.0. The molecule has 3 aromatic rings. The molecular weight excluding hydrogens is 391 g/mol. The van der Waals surface area contributed by atoms with Crippen LogP contribution >= 0.6 is 0 Å². The van der Waals surface area contributed by atoms with E-state index in [9.17, 15) is 8.42 Å². The molecule has 0 radical (unpaired) electrons. The Morgan fingerprint density at radius 3 is 2.21 bits per heavy atom. The number of hydrogen-bond donors (Lipinski definition) is 0. The number of rotatable bonds is 4. The molecular formula is C20H23BN2O5S. The van der Waals surface area contributed by atoms with Crippen LogP contribution in [0.4, 0.5) is 0 Å². The number of nitrogens with zero attached hydrogens (tertiary/aromatic N) is 2. The van der Waals surface area contributed by atoms with Gasteiger partial charge >= 0.3 is 7.12 Å². The first-order valence-electron chi connectivity index (χ1n) is 9.28. The van der Waals surface area contributed by atoms with Gasteiger partial charge in [-0.05, 0) is 63.5 Å². The van der Waals surface area contributed by atoms with E-state index in [1.165, 1.54) is 25.4 Å². The summed E-state index contributed by atoms with van der Waals surface area (Å²) in [6.45, 7) is 7.90. The third-order valence-electron chi connectivity index (χ3n) is 5.67. The van der Waals surface area contributed by atoms with E-state index in [0.29, 0.717) is 16.7 Å². The Balaban J connectivity index is 1.76. The van der Waals surface area contributed by atoms with E-state index in [1.54, 1.807) is 18.2 Å². The molecule has 29 heavy (non-hydrogen) atoms. The molecule has 0 N–H and O–H groups in total. The summed E-state index contributed by atoms with van der Waals surface area (Å²) in [5, 5.41) is 4.84. The van der Waals surface area contributed by atoms with Crippen molar-refractivity contribution in [3.63, 3.8) is 0 Å². The van der Waals surface area contributed by atoms with Gasteiger partial charge in [-0.15, -0.1) is 0 Å². The third-order valence-corrected chi connectivity index (χ3v) is 7.29. The lowest BCUT2D eigenvalue weighted by Gasteiger charge is -2.32. The fourth-order valence-electron chi connectivity index (χ4n) is 3.18. The van der Waals surface area contributed by atoms with Gasteiger partial charge in [-0.25, -0.2) is 0 Å². The van der Waals surface area contributed by atoms with Gasteiger partial charge in [0.1, 0.15) is 5.75 Å². The standard InChI is InChI=1S/C20H23BN2O5S/c1-19(2)20(3,4)28-21(27-19)15-7-6-14-13-22-23(18(14)12-15)29(24,25)17-10-8-16(26-5)9-11-17/h6-13H,1-5H3. The molecule has 1 aliphatic rings. The topological polar surface area (TPSA) is 79.7 Å². The molecule has 7 nitrogen and oxygen atoms in total. The molecule has 9 heteroatoms. The van der Waals surface area contributed by atoms with Gasteiger partial charge in [0.15, 0.2) is 0 Å². The summed E-state index contributed by atoms with van der Waals surface area (Å²) in [5.41, 5.74) is 0.236. The Morgan fingerprint density at radius 2 is 1.62 bits per heavy atom. The number of hydrogen-bond acceptors (Lipinski definition) is 6. The van der Waals surface area contributed by atoms with Crippen molar-refractivity contribution in [1.82, 2.24) is 9.19 Å². The number of benzene rings is 2. The number of methoxy groups -OCH3 is 1. The summed E-state index contributed by atoms with van der Waals surface area (Å²) in [5.74, 6) is 0.581. The molecule has 1 aliphatic heterocycles. The number of ether oxygens (including phenoxy) is 1. The predicted molar refractivity (Wildman–Crippen MR) is 111 cm³/mol. The highest BCUT2D eigenvalue weighted by atomic mass is 32.2. The van der Waals surface area contributed by atoms with Crippen LogP contribution in [0.3, 0.4) is 0 Å². The van der Waals surface area contributed by atoms with Crippen molar-refractivity contribution in [3.05, 3.63) is 48.7 Å². The Morgan fingerprint density at radius 1 is 1.00 bits per heavy atom. The van der Waals surface area contributed by atoms with Crippen molar-refractivity contribution < 1.29 is 22.5 Å². The van der Waals surface area contributed by atoms with Gasteiger partial charge in [0.25, 0.3) is 10.0 Å². The van der Waals surface area contributed by atoms with Crippen LogP contribution in [-0.2, 0) is 19.3 Å². The molecule has 0 aliphatic carbocycles. The molecule has 1 aromatic heterocycles. The van der Waals surface area contributed by atoms with Gasteiger partial charge < -0.3 is 14.0 Å². The van der Waals surface area contributed by atoms with Crippen LogP contribution in [0.1, 0.15) is 27.7 Å². The lowest BCUT2D eigenvalue weighted by molar-refractivity contribution is 0.00578. The van der Waals surface area contributed by atoms with Crippen LogP contribution in [0.15, 0.2) is 53.6 Å². The van der Waals surface area contributed by atoms with Gasteiger partial charge in [-0.3, -0.25) is 0 Å². The molecule has 0 bridgehead atoms. The molecule has 0 spiro atoms. The zero-order valence-corrected chi connectivity index (χ0v) is 17.9. The number of fused-ring (bicyclic) bond motifs is 1. The van der Waals surface area contributed by atoms with Gasteiger partial charge in [0.05, 0.1) is 34.9 Å². The molecule has 1 fully saturated rings. The van der Waals surface area contributed by atoms with E-state index in [0.717, 1.165) is 9.55 Å². The minimum atomic E-state index is -3.86. The third kappa shape index (κ3) is 3.23. The van der Waals surface area contributed by atoms with Crippen molar-refractivity contribution in [2.45, 2.75) is 43.8 Å². The fraction of sp³-hybridized carbons (Fsp3) is 0.350. The highest BCUT2D eigenvalue weighted by molar-refractivity contribution is 7.90. The highest BCUT2D eigenvalue weighted by Crippen LogP contribution is 2.36. The maximum Gasteiger partial charge on any atom is 0.494 e. The summed E-state index contributed by atoms with van der Waals surface area (Å²) in [4.78, 5) is 0.129. The average molecular weight is 414 g/mol. The molecule has 2 heterocycles. The second kappa shape index (κ2) is 6.58. The monoisotopic (exact) mass is 414 g/mol. The van der Waals surface area contributed by atoms with Crippen LogP contribution in [0, 0.1) is 0 Å².